The van der Waals surface area contributed by atoms with Gasteiger partial charge in [-0.2, -0.15) is 0 Å². The fourth-order valence-electron chi connectivity index (χ4n) is 2.73. The molecular weight excluding hydrogens is 264 g/mol. The van der Waals surface area contributed by atoms with Crippen LogP contribution < -0.4 is 0 Å². The number of ether oxygens (including phenoxy) is 1. The monoisotopic (exact) mass is 280 g/mol. The van der Waals surface area contributed by atoms with Gasteiger partial charge in [-0.25, -0.2) is 4.79 Å². The standard InChI is InChI=1S/C14H16O6/c1-6(15)5-10(18)11-7(2)14(19)20-13(11)12-8(16)3-4-9(12)17/h3-4,8,10-13,16,18H,2,5H2,1H3/t8-,10-,11+,12-,13-/m0/s1. The van der Waals surface area contributed by atoms with Crippen molar-refractivity contribution in [2.75, 3.05) is 0 Å². The third-order valence-electron chi connectivity index (χ3n) is 3.68. The zero-order valence-corrected chi connectivity index (χ0v) is 11.0. The molecule has 1 aliphatic heterocycles. The zero-order valence-electron chi connectivity index (χ0n) is 11.0. The van der Waals surface area contributed by atoms with Gasteiger partial charge in [-0.3, -0.25) is 9.59 Å². The normalized spacial score (nSPS) is 34.5. The van der Waals surface area contributed by atoms with Gasteiger partial charge in [-0.15, -0.1) is 0 Å². The van der Waals surface area contributed by atoms with Crippen molar-refractivity contribution in [3.63, 3.8) is 0 Å². The third kappa shape index (κ3) is 2.44. The molecule has 0 amide bonds. The molecule has 0 spiro atoms. The minimum atomic E-state index is -1.17. The third-order valence-corrected chi connectivity index (χ3v) is 3.68. The Hall–Kier alpha value is -1.79. The van der Waals surface area contributed by atoms with Crippen LogP contribution in [-0.4, -0.2) is 46.1 Å². The summed E-state index contributed by atoms with van der Waals surface area (Å²) < 4.78 is 5.08. The largest absolute Gasteiger partial charge is 0.457 e. The summed E-state index contributed by atoms with van der Waals surface area (Å²) in [4.78, 5) is 34.5. The van der Waals surface area contributed by atoms with E-state index < -0.39 is 36.1 Å². The molecular formula is C14H16O6. The highest BCUT2D eigenvalue weighted by molar-refractivity contribution is 5.97. The van der Waals surface area contributed by atoms with Crippen molar-refractivity contribution < 1.29 is 29.3 Å². The van der Waals surface area contributed by atoms with Crippen LogP contribution in [0.15, 0.2) is 24.3 Å². The zero-order chi connectivity index (χ0) is 15.0. The highest BCUT2D eigenvalue weighted by Gasteiger charge is 2.51. The lowest BCUT2D eigenvalue weighted by Crippen LogP contribution is -2.41. The Balaban J connectivity index is 2.26. The highest BCUT2D eigenvalue weighted by Crippen LogP contribution is 2.38. The van der Waals surface area contributed by atoms with Crippen molar-refractivity contribution in [2.24, 2.45) is 11.8 Å². The van der Waals surface area contributed by atoms with Gasteiger partial charge in [0.25, 0.3) is 0 Å². The lowest BCUT2D eigenvalue weighted by atomic mass is 9.81. The van der Waals surface area contributed by atoms with Gasteiger partial charge in [0.15, 0.2) is 5.78 Å². The number of carbonyl (C=O) groups excluding carboxylic acids is 3. The van der Waals surface area contributed by atoms with Crippen molar-refractivity contribution >= 4 is 17.5 Å². The fraction of sp³-hybridized carbons (Fsp3) is 0.500. The maximum absolute atomic E-state index is 11.8. The molecule has 0 aromatic rings. The highest BCUT2D eigenvalue weighted by atomic mass is 16.6. The summed E-state index contributed by atoms with van der Waals surface area (Å²) in [5.41, 5.74) is 0.0238. The first-order valence-corrected chi connectivity index (χ1v) is 6.30. The van der Waals surface area contributed by atoms with E-state index >= 15 is 0 Å². The minimum Gasteiger partial charge on any atom is -0.457 e. The SMILES string of the molecule is C=C1C(=O)O[C@H]([C@@H]2C(=O)C=C[C@@H]2O)[C@H]1[C@@H](O)CC(C)=O. The van der Waals surface area contributed by atoms with E-state index in [0.29, 0.717) is 0 Å². The van der Waals surface area contributed by atoms with Crippen LogP contribution in [0.4, 0.5) is 0 Å². The first-order chi connectivity index (χ1) is 9.32. The molecule has 0 radical (unpaired) electrons. The Kier molecular flexibility index (Phi) is 3.87. The second-order valence-electron chi connectivity index (χ2n) is 5.17. The number of hydrogen-bond donors (Lipinski definition) is 2. The Morgan fingerprint density at radius 1 is 1.50 bits per heavy atom. The van der Waals surface area contributed by atoms with Gasteiger partial charge in [-0.1, -0.05) is 12.7 Å². The number of esters is 1. The molecule has 0 bridgehead atoms. The van der Waals surface area contributed by atoms with E-state index in [1.807, 2.05) is 0 Å². The molecule has 1 aliphatic carbocycles. The lowest BCUT2D eigenvalue weighted by molar-refractivity contribution is -0.145. The van der Waals surface area contributed by atoms with Crippen LogP contribution in [0.3, 0.4) is 0 Å². The molecule has 108 valence electrons. The van der Waals surface area contributed by atoms with Crippen LogP contribution in [0.25, 0.3) is 0 Å². The second kappa shape index (κ2) is 5.30. The van der Waals surface area contributed by atoms with Crippen molar-refractivity contribution in [2.45, 2.75) is 31.7 Å². The summed E-state index contributed by atoms with van der Waals surface area (Å²) >= 11 is 0. The lowest BCUT2D eigenvalue weighted by Gasteiger charge is -2.27. The van der Waals surface area contributed by atoms with Gasteiger partial charge in [0.05, 0.1) is 24.0 Å². The van der Waals surface area contributed by atoms with E-state index in [4.69, 9.17) is 4.74 Å². The number of aliphatic hydroxyl groups excluding tert-OH is 2. The van der Waals surface area contributed by atoms with Crippen LogP contribution in [0, 0.1) is 11.8 Å². The van der Waals surface area contributed by atoms with Crippen molar-refractivity contribution in [1.29, 1.82) is 0 Å². The molecule has 6 nitrogen and oxygen atoms in total. The topological polar surface area (TPSA) is 101 Å². The maximum atomic E-state index is 11.8. The summed E-state index contributed by atoms with van der Waals surface area (Å²) in [5.74, 6) is -3.15. The van der Waals surface area contributed by atoms with Gasteiger partial charge >= 0.3 is 5.97 Å². The predicted octanol–water partition coefficient (Wildman–Crippen LogP) is -0.460. The van der Waals surface area contributed by atoms with Crippen LogP contribution in [0.5, 0.6) is 0 Å². The molecule has 5 atom stereocenters. The molecule has 2 aliphatic rings. The Labute approximate surface area is 115 Å². The predicted molar refractivity (Wildman–Crippen MR) is 67.5 cm³/mol. The number of ketones is 2. The van der Waals surface area contributed by atoms with E-state index in [0.717, 1.165) is 0 Å². The number of hydrogen-bond acceptors (Lipinski definition) is 6. The quantitative estimate of drug-likeness (QED) is 0.534. The van der Waals surface area contributed by atoms with Gasteiger partial charge in [-0.05, 0) is 13.0 Å². The first kappa shape index (κ1) is 14.6. The molecule has 20 heavy (non-hydrogen) atoms. The van der Waals surface area contributed by atoms with Gasteiger partial charge in [0, 0.05) is 12.0 Å². The fourth-order valence-corrected chi connectivity index (χ4v) is 2.73. The van der Waals surface area contributed by atoms with E-state index in [1.54, 1.807) is 0 Å². The number of aliphatic hydroxyl groups is 2. The molecule has 6 heteroatoms. The molecule has 2 N–H and O–H groups in total. The minimum absolute atomic E-state index is 0.0238. The Morgan fingerprint density at radius 2 is 2.15 bits per heavy atom. The van der Waals surface area contributed by atoms with Crippen LogP contribution in [0.2, 0.25) is 0 Å². The van der Waals surface area contributed by atoms with Crippen molar-refractivity contribution in [3.8, 4) is 0 Å². The van der Waals surface area contributed by atoms with Gasteiger partial charge < -0.3 is 14.9 Å². The molecule has 0 aromatic heterocycles. The molecule has 1 fully saturated rings. The number of cyclic esters (lactones) is 1. The van der Waals surface area contributed by atoms with Crippen LogP contribution in [0.1, 0.15) is 13.3 Å². The summed E-state index contributed by atoms with van der Waals surface area (Å²) in [6.07, 6.45) is -0.867. The number of rotatable bonds is 4. The molecule has 0 saturated carbocycles. The van der Waals surface area contributed by atoms with E-state index in [9.17, 15) is 24.6 Å². The number of Topliss-reactive ketones (excluding diaryl/α,β-unsaturated/α-hetero) is 1. The van der Waals surface area contributed by atoms with Gasteiger partial charge in [0.2, 0.25) is 0 Å². The van der Waals surface area contributed by atoms with E-state index in [-0.39, 0.29) is 23.6 Å². The summed E-state index contributed by atoms with van der Waals surface area (Å²) in [6.45, 7) is 4.87. The molecule has 2 rings (SSSR count). The first-order valence-electron chi connectivity index (χ1n) is 6.30. The Bertz CT molecular complexity index is 506. The summed E-state index contributed by atoms with van der Waals surface area (Å²) in [7, 11) is 0. The average Bonchev–Trinajstić information content (AvgIpc) is 2.80. The van der Waals surface area contributed by atoms with Gasteiger partial charge in [0.1, 0.15) is 11.9 Å². The van der Waals surface area contributed by atoms with E-state index in [2.05, 4.69) is 6.58 Å². The molecule has 0 unspecified atom stereocenters. The number of allylic oxidation sites excluding steroid dienone is 1. The van der Waals surface area contributed by atoms with Crippen LogP contribution in [-0.2, 0) is 19.1 Å². The number of carbonyl (C=O) groups is 3. The smallest absolute Gasteiger partial charge is 0.334 e. The average molecular weight is 280 g/mol. The van der Waals surface area contributed by atoms with Crippen LogP contribution >= 0.6 is 0 Å². The summed E-state index contributed by atoms with van der Waals surface area (Å²) in [6, 6.07) is 0. The maximum Gasteiger partial charge on any atom is 0.334 e. The molecule has 1 saturated heterocycles. The molecule has 1 heterocycles. The van der Waals surface area contributed by atoms with E-state index in [1.165, 1.54) is 19.1 Å². The molecule has 0 aromatic carbocycles. The summed E-state index contributed by atoms with van der Waals surface area (Å²) in [5, 5.41) is 19.9. The Morgan fingerprint density at radius 3 is 2.65 bits per heavy atom. The van der Waals surface area contributed by atoms with Crippen molar-refractivity contribution in [3.05, 3.63) is 24.3 Å². The second-order valence-corrected chi connectivity index (χ2v) is 5.17. The van der Waals surface area contributed by atoms with Crippen molar-refractivity contribution in [1.82, 2.24) is 0 Å².